The van der Waals surface area contributed by atoms with Gasteiger partial charge in [-0.1, -0.05) is 60.7 Å². The highest BCUT2D eigenvalue weighted by Gasteiger charge is 2.25. The quantitative estimate of drug-likeness (QED) is 0.0702. The molecule has 8 N–H and O–H groups in total. The van der Waals surface area contributed by atoms with Gasteiger partial charge in [-0.25, -0.2) is 19.2 Å². The number of hydrogen-bond acceptors (Lipinski definition) is 13. The van der Waals surface area contributed by atoms with Gasteiger partial charge in [0, 0.05) is 25.7 Å². The summed E-state index contributed by atoms with van der Waals surface area (Å²) >= 11 is 0. The molecular weight excluding hydrogens is 808 g/mol. The number of benzene rings is 2. The van der Waals surface area contributed by atoms with Crippen LogP contribution in [0.25, 0.3) is 0 Å². The number of aliphatic carboxylic acids is 3. The van der Waals surface area contributed by atoms with Crippen LogP contribution in [0.1, 0.15) is 83.3 Å². The van der Waals surface area contributed by atoms with Gasteiger partial charge in [-0.2, -0.15) is 0 Å². The van der Waals surface area contributed by atoms with Crippen molar-refractivity contribution in [1.82, 2.24) is 21.3 Å². The van der Waals surface area contributed by atoms with Crippen LogP contribution < -0.4 is 21.3 Å². The van der Waals surface area contributed by atoms with Gasteiger partial charge in [-0.15, -0.1) is 0 Å². The van der Waals surface area contributed by atoms with Crippen molar-refractivity contribution in [3.8, 4) is 0 Å². The Morgan fingerprint density at radius 3 is 1.23 bits per heavy atom. The predicted molar refractivity (Wildman–Crippen MR) is 212 cm³/mol. The Hall–Kier alpha value is -7.19. The van der Waals surface area contributed by atoms with E-state index in [0.29, 0.717) is 5.56 Å². The normalized spacial score (nSPS) is 11.9. The van der Waals surface area contributed by atoms with Crippen molar-refractivity contribution in [3.63, 3.8) is 0 Å². The van der Waals surface area contributed by atoms with Crippen LogP contribution in [0.15, 0.2) is 60.7 Å². The molecule has 0 aliphatic rings. The molecule has 0 spiro atoms. The third kappa shape index (κ3) is 27.2. The Kier molecular flexibility index (Phi) is 27.2. The van der Waals surface area contributed by atoms with E-state index < -0.39 is 78.9 Å². The number of carboxylic acid groups (broad SMARTS) is 4. The minimum atomic E-state index is -1.42. The van der Waals surface area contributed by atoms with Gasteiger partial charge < -0.3 is 56.0 Å². The molecule has 4 amide bonds. The molecule has 0 saturated carbocycles. The van der Waals surface area contributed by atoms with Crippen LogP contribution in [0.4, 0.5) is 9.59 Å². The van der Waals surface area contributed by atoms with Gasteiger partial charge in [0.05, 0.1) is 12.1 Å². The molecule has 0 heterocycles. The number of carboxylic acids is 3. The zero-order valence-electron chi connectivity index (χ0n) is 33.8. The standard InChI is InChI=1S/C21H28N2O6.C18H22N2O9.CH2O2/c1-14(24)9-10-18(15(2)25)22-20(27)12-11-19(16(3)26)23-21(28)29-13-17-7-5-4-6-8-17;21-14(19-12(16(24)25)7-9-15(22)23)8-6-13(17(26)27)20-18(28)29-10-11-4-2-1-3-5-11;2-1-3/h4-8,18-19H,9-13H2,1-3H3,(H,22,27)(H,23,28);1-5,12-13H,6-10H2,(H,19,21)(H,20,28)(H,22,23)(H,24,25)(H,26,27);1H,(H,2,3)/t18-,19-;12-,13-;/m00./s1. The van der Waals surface area contributed by atoms with Crippen molar-refractivity contribution in [3.05, 3.63) is 71.8 Å². The molecule has 0 bridgehead atoms. The SMILES string of the molecule is CC(=O)CC[C@H](NC(=O)CC[C@H](NC(=O)OCc1ccccc1)C(C)=O)C(C)=O.O=C(O)CC[C@H](NC(=O)CC[C@H](NC(=O)OCc1ccccc1)C(=O)O)C(=O)O.O=CO. The van der Waals surface area contributed by atoms with Gasteiger partial charge in [0.2, 0.25) is 11.8 Å². The highest BCUT2D eigenvalue weighted by atomic mass is 16.6. The van der Waals surface area contributed by atoms with Gasteiger partial charge >= 0.3 is 30.1 Å². The monoisotopic (exact) mass is 860 g/mol. The van der Waals surface area contributed by atoms with Crippen LogP contribution in [0, 0.1) is 0 Å². The lowest BCUT2D eigenvalue weighted by atomic mass is 10.0. The fourth-order valence-corrected chi connectivity index (χ4v) is 4.78. The van der Waals surface area contributed by atoms with Crippen LogP contribution in [-0.2, 0) is 65.8 Å². The number of ether oxygens (including phenoxy) is 2. The summed E-state index contributed by atoms with van der Waals surface area (Å²) in [5.41, 5.74) is 1.51. The molecular formula is C40H52N4O17. The van der Waals surface area contributed by atoms with Crippen molar-refractivity contribution in [2.45, 2.75) is 110 Å². The van der Waals surface area contributed by atoms with E-state index in [1.54, 1.807) is 42.5 Å². The van der Waals surface area contributed by atoms with Crippen molar-refractivity contribution in [2.75, 3.05) is 0 Å². The molecule has 0 aliphatic heterocycles. The maximum Gasteiger partial charge on any atom is 0.408 e. The molecule has 0 radical (unpaired) electrons. The van der Waals surface area contributed by atoms with E-state index >= 15 is 0 Å². The summed E-state index contributed by atoms with van der Waals surface area (Å²) in [6, 6.07) is 13.3. The summed E-state index contributed by atoms with van der Waals surface area (Å²) in [6.45, 7) is 3.82. The van der Waals surface area contributed by atoms with E-state index in [9.17, 15) is 53.1 Å². The van der Waals surface area contributed by atoms with E-state index in [4.69, 9.17) is 29.6 Å². The number of amides is 4. The Labute approximate surface area is 350 Å². The maximum atomic E-state index is 12.1. The first-order valence-corrected chi connectivity index (χ1v) is 18.6. The van der Waals surface area contributed by atoms with Gasteiger partial charge in [0.25, 0.3) is 6.47 Å². The van der Waals surface area contributed by atoms with Crippen LogP contribution in [-0.4, -0.2) is 110 Å². The van der Waals surface area contributed by atoms with Crippen LogP contribution in [0.5, 0.6) is 0 Å². The summed E-state index contributed by atoms with van der Waals surface area (Å²) in [5.74, 6) is -5.85. The number of nitrogens with one attached hydrogen (secondary N) is 4. The topological polar surface area (TPSA) is 335 Å². The Balaban J connectivity index is 0.00000111. The number of carbonyl (C=O) groups is 11. The molecule has 61 heavy (non-hydrogen) atoms. The van der Waals surface area contributed by atoms with E-state index in [1.807, 2.05) is 18.2 Å². The number of carbonyl (C=O) groups excluding carboxylic acids is 7. The van der Waals surface area contributed by atoms with Gasteiger partial charge in [0.1, 0.15) is 31.1 Å². The summed E-state index contributed by atoms with van der Waals surface area (Å²) < 4.78 is 10.0. The summed E-state index contributed by atoms with van der Waals surface area (Å²) in [4.78, 5) is 123. The molecule has 334 valence electrons. The first-order valence-electron chi connectivity index (χ1n) is 18.6. The molecule has 0 fully saturated rings. The lowest BCUT2D eigenvalue weighted by Gasteiger charge is -2.18. The van der Waals surface area contributed by atoms with Crippen molar-refractivity contribution >= 4 is 65.7 Å². The summed E-state index contributed by atoms with van der Waals surface area (Å²) in [5, 5.41) is 42.9. The number of hydrogen-bond donors (Lipinski definition) is 8. The molecule has 4 atom stereocenters. The second-order valence-corrected chi connectivity index (χ2v) is 13.0. The first kappa shape index (κ1) is 53.8. The van der Waals surface area contributed by atoms with Crippen molar-refractivity contribution < 1.29 is 82.6 Å². The zero-order chi connectivity index (χ0) is 46.3. The number of Topliss-reactive ketones (excluding diaryl/α,β-unsaturated/α-hetero) is 3. The lowest BCUT2D eigenvalue weighted by Crippen LogP contribution is -2.44. The van der Waals surface area contributed by atoms with Gasteiger partial charge in [0.15, 0.2) is 11.6 Å². The van der Waals surface area contributed by atoms with Crippen molar-refractivity contribution in [2.24, 2.45) is 0 Å². The molecule has 0 saturated heterocycles. The lowest BCUT2D eigenvalue weighted by molar-refractivity contribution is -0.144. The first-order chi connectivity index (χ1) is 28.8. The Bertz CT molecular complexity index is 1650. The maximum absolute atomic E-state index is 12.1. The molecule has 2 rings (SSSR count). The number of alkyl carbamates (subject to hydrolysis) is 2. The van der Waals surface area contributed by atoms with E-state index in [2.05, 4.69) is 21.3 Å². The molecule has 0 unspecified atom stereocenters. The highest BCUT2D eigenvalue weighted by molar-refractivity contribution is 5.89. The second kappa shape index (κ2) is 30.8. The van der Waals surface area contributed by atoms with Crippen molar-refractivity contribution in [1.29, 1.82) is 0 Å². The van der Waals surface area contributed by atoms with Gasteiger partial charge in [-0.3, -0.25) is 28.8 Å². The Morgan fingerprint density at radius 2 is 0.852 bits per heavy atom. The predicted octanol–water partition coefficient (Wildman–Crippen LogP) is 2.37. The molecule has 21 heteroatoms. The zero-order valence-corrected chi connectivity index (χ0v) is 33.8. The molecule has 2 aromatic rings. The van der Waals surface area contributed by atoms with Crippen LogP contribution in [0.2, 0.25) is 0 Å². The van der Waals surface area contributed by atoms with E-state index in [-0.39, 0.29) is 75.6 Å². The third-order valence-corrected chi connectivity index (χ3v) is 8.01. The van der Waals surface area contributed by atoms with Gasteiger partial charge in [-0.05, 0) is 57.6 Å². The fourth-order valence-electron chi connectivity index (χ4n) is 4.78. The average Bonchev–Trinajstić information content (AvgIpc) is 3.20. The average molecular weight is 861 g/mol. The third-order valence-electron chi connectivity index (χ3n) is 8.01. The van der Waals surface area contributed by atoms with E-state index in [1.165, 1.54) is 20.8 Å². The summed E-state index contributed by atoms with van der Waals surface area (Å²) in [6.07, 6.45) is -2.78. The van der Waals surface area contributed by atoms with Crippen LogP contribution in [0.3, 0.4) is 0 Å². The second-order valence-electron chi connectivity index (χ2n) is 13.0. The molecule has 0 aliphatic carbocycles. The fraction of sp³-hybridized carbons (Fsp3) is 0.425. The highest BCUT2D eigenvalue weighted by Crippen LogP contribution is 2.07. The molecule has 0 aromatic heterocycles. The number of rotatable bonds is 24. The van der Waals surface area contributed by atoms with Crippen LogP contribution >= 0.6 is 0 Å². The smallest absolute Gasteiger partial charge is 0.408 e. The molecule has 2 aromatic carbocycles. The summed E-state index contributed by atoms with van der Waals surface area (Å²) in [7, 11) is 0. The largest absolute Gasteiger partial charge is 0.483 e. The Morgan fingerprint density at radius 1 is 0.525 bits per heavy atom. The molecule has 21 nitrogen and oxygen atoms in total. The number of ketones is 3. The minimum absolute atomic E-state index is 0.0624. The minimum Gasteiger partial charge on any atom is -0.483 e. The van der Waals surface area contributed by atoms with E-state index in [0.717, 1.165) is 5.56 Å².